The van der Waals surface area contributed by atoms with E-state index in [0.29, 0.717) is 5.92 Å². The molecule has 1 atom stereocenters. The van der Waals surface area contributed by atoms with Gasteiger partial charge in [-0.15, -0.1) is 0 Å². The molecule has 0 saturated heterocycles. The fraction of sp³-hybridized carbons (Fsp3) is 0.143. The Labute approximate surface area is 142 Å². The zero-order valence-electron chi connectivity index (χ0n) is 13.6. The number of hydrogen-bond donors (Lipinski definition) is 0. The van der Waals surface area contributed by atoms with Crippen molar-refractivity contribution in [2.45, 2.75) is 13.3 Å². The van der Waals surface area contributed by atoms with Crippen molar-refractivity contribution in [3.8, 4) is 16.9 Å². The van der Waals surface area contributed by atoms with Crippen LogP contribution in [0.1, 0.15) is 19.0 Å². The average Bonchev–Trinajstić information content (AvgIpc) is 3.09. The molecular formula is C21H19N3. The predicted molar refractivity (Wildman–Crippen MR) is 97.7 cm³/mol. The summed E-state index contributed by atoms with van der Waals surface area (Å²) in [5.41, 5.74) is 5.45. The molecule has 0 fully saturated rings. The van der Waals surface area contributed by atoms with E-state index in [1.165, 1.54) is 5.57 Å². The van der Waals surface area contributed by atoms with E-state index in [2.05, 4.69) is 48.3 Å². The molecule has 1 aliphatic carbocycles. The Morgan fingerprint density at radius 1 is 1.04 bits per heavy atom. The van der Waals surface area contributed by atoms with Crippen LogP contribution in [0, 0.1) is 5.92 Å². The molecule has 3 heteroatoms. The fourth-order valence-electron chi connectivity index (χ4n) is 3.03. The van der Waals surface area contributed by atoms with E-state index in [1.54, 1.807) is 0 Å². The molecule has 0 radical (unpaired) electrons. The Morgan fingerprint density at radius 3 is 2.58 bits per heavy atom. The lowest BCUT2D eigenvalue weighted by Crippen LogP contribution is -2.00. The largest absolute Gasteiger partial charge is 0.265 e. The van der Waals surface area contributed by atoms with Gasteiger partial charge in [-0.2, -0.15) is 5.10 Å². The Hall–Kier alpha value is -2.94. The first-order chi connectivity index (χ1) is 11.8. The lowest BCUT2D eigenvalue weighted by molar-refractivity contribution is 0.738. The molecule has 1 aromatic carbocycles. The molecule has 118 valence electrons. The van der Waals surface area contributed by atoms with Gasteiger partial charge in [-0.3, -0.25) is 4.98 Å². The summed E-state index contributed by atoms with van der Waals surface area (Å²) in [5, 5.41) is 4.89. The highest BCUT2D eigenvalue weighted by Crippen LogP contribution is 2.29. The first kappa shape index (κ1) is 14.6. The van der Waals surface area contributed by atoms with E-state index in [9.17, 15) is 0 Å². The van der Waals surface area contributed by atoms with Crippen LogP contribution in [0.15, 0.2) is 79.2 Å². The molecule has 0 aliphatic heterocycles. The normalized spacial score (nSPS) is 16.9. The SMILES string of the molecule is CC1C=C(c2cc(-c3ccncc3)n(-c3ccccc3)n2)C=CC1. The molecule has 24 heavy (non-hydrogen) atoms. The maximum absolute atomic E-state index is 4.89. The number of benzene rings is 1. The summed E-state index contributed by atoms with van der Waals surface area (Å²) in [4.78, 5) is 4.13. The van der Waals surface area contributed by atoms with Crippen molar-refractivity contribution in [2.24, 2.45) is 5.92 Å². The summed E-state index contributed by atoms with van der Waals surface area (Å²) < 4.78 is 2.01. The van der Waals surface area contributed by atoms with Crippen LogP contribution in [0.25, 0.3) is 22.5 Å². The lowest BCUT2D eigenvalue weighted by Gasteiger charge is -2.10. The summed E-state index contributed by atoms with van der Waals surface area (Å²) in [5.74, 6) is 0.552. The molecule has 3 nitrogen and oxygen atoms in total. The van der Waals surface area contributed by atoms with Crippen molar-refractivity contribution in [1.82, 2.24) is 14.8 Å². The molecule has 1 unspecified atom stereocenters. The number of allylic oxidation sites excluding steroid dienone is 4. The third-order valence-corrected chi connectivity index (χ3v) is 4.25. The van der Waals surface area contributed by atoms with Gasteiger partial charge in [-0.1, -0.05) is 43.4 Å². The highest BCUT2D eigenvalue weighted by atomic mass is 15.3. The van der Waals surface area contributed by atoms with Crippen LogP contribution in [0.2, 0.25) is 0 Å². The average molecular weight is 313 g/mol. The van der Waals surface area contributed by atoms with E-state index < -0.39 is 0 Å². The molecule has 3 aromatic rings. The Kier molecular flexibility index (Phi) is 3.83. The van der Waals surface area contributed by atoms with Crippen molar-refractivity contribution >= 4 is 5.57 Å². The van der Waals surface area contributed by atoms with Crippen LogP contribution in [-0.4, -0.2) is 14.8 Å². The second-order valence-corrected chi connectivity index (χ2v) is 6.14. The van der Waals surface area contributed by atoms with Gasteiger partial charge in [0.15, 0.2) is 0 Å². The number of hydrogen-bond acceptors (Lipinski definition) is 2. The fourth-order valence-corrected chi connectivity index (χ4v) is 3.03. The quantitative estimate of drug-likeness (QED) is 0.687. The third kappa shape index (κ3) is 2.81. The molecule has 1 aliphatic rings. The molecule has 4 rings (SSSR count). The van der Waals surface area contributed by atoms with Crippen molar-refractivity contribution in [3.63, 3.8) is 0 Å². The first-order valence-corrected chi connectivity index (χ1v) is 8.26. The van der Waals surface area contributed by atoms with Gasteiger partial charge in [0.25, 0.3) is 0 Å². The van der Waals surface area contributed by atoms with Crippen LogP contribution in [0.3, 0.4) is 0 Å². The third-order valence-electron chi connectivity index (χ3n) is 4.25. The Morgan fingerprint density at radius 2 is 1.83 bits per heavy atom. The molecule has 2 aromatic heterocycles. The maximum Gasteiger partial charge on any atom is 0.0930 e. The zero-order chi connectivity index (χ0) is 16.4. The smallest absolute Gasteiger partial charge is 0.0930 e. The van der Waals surface area contributed by atoms with Crippen LogP contribution < -0.4 is 0 Å². The lowest BCUT2D eigenvalue weighted by atomic mass is 9.96. The van der Waals surface area contributed by atoms with E-state index in [4.69, 9.17) is 5.10 Å². The topological polar surface area (TPSA) is 30.7 Å². The number of nitrogens with zero attached hydrogens (tertiary/aromatic N) is 3. The number of aromatic nitrogens is 3. The monoisotopic (exact) mass is 313 g/mol. The minimum Gasteiger partial charge on any atom is -0.265 e. The van der Waals surface area contributed by atoms with Gasteiger partial charge in [-0.05, 0) is 48.2 Å². The summed E-state index contributed by atoms with van der Waals surface area (Å²) in [6.07, 6.45) is 11.4. The van der Waals surface area contributed by atoms with Crippen LogP contribution >= 0.6 is 0 Å². The van der Waals surface area contributed by atoms with Crippen LogP contribution in [0.5, 0.6) is 0 Å². The van der Waals surface area contributed by atoms with Gasteiger partial charge in [-0.25, -0.2) is 4.68 Å². The van der Waals surface area contributed by atoms with Crippen molar-refractivity contribution in [1.29, 1.82) is 0 Å². The van der Waals surface area contributed by atoms with Gasteiger partial charge in [0, 0.05) is 18.0 Å². The Bertz CT molecular complexity index is 832. The van der Waals surface area contributed by atoms with Gasteiger partial charge >= 0.3 is 0 Å². The second kappa shape index (κ2) is 6.28. The molecule has 0 amide bonds. The van der Waals surface area contributed by atoms with Crippen molar-refractivity contribution in [3.05, 3.63) is 84.8 Å². The van der Waals surface area contributed by atoms with Crippen molar-refractivity contribution < 1.29 is 0 Å². The van der Waals surface area contributed by atoms with E-state index in [0.717, 1.165) is 29.1 Å². The predicted octanol–water partition coefficient (Wildman–Crippen LogP) is 4.91. The van der Waals surface area contributed by atoms with E-state index >= 15 is 0 Å². The van der Waals surface area contributed by atoms with E-state index in [1.807, 2.05) is 47.4 Å². The molecule has 2 heterocycles. The minimum absolute atomic E-state index is 0.552. The highest BCUT2D eigenvalue weighted by Gasteiger charge is 2.15. The molecule has 0 N–H and O–H groups in total. The number of pyridine rings is 1. The second-order valence-electron chi connectivity index (χ2n) is 6.14. The molecule has 0 saturated carbocycles. The molecule has 0 spiro atoms. The van der Waals surface area contributed by atoms with Gasteiger partial charge in [0.05, 0.1) is 17.1 Å². The summed E-state index contributed by atoms with van der Waals surface area (Å²) in [6.45, 7) is 2.24. The minimum atomic E-state index is 0.552. The zero-order valence-corrected chi connectivity index (χ0v) is 13.6. The number of para-hydroxylation sites is 1. The van der Waals surface area contributed by atoms with Gasteiger partial charge < -0.3 is 0 Å². The standard InChI is InChI=1S/C21H19N3/c1-16-6-5-7-18(14-16)20-15-21(17-10-12-22-13-11-17)24(23-20)19-8-3-2-4-9-19/h2-5,7-16H,6H2,1H3. The first-order valence-electron chi connectivity index (χ1n) is 8.26. The number of rotatable bonds is 3. The highest BCUT2D eigenvalue weighted by molar-refractivity contribution is 5.76. The molecule has 0 bridgehead atoms. The summed E-state index contributed by atoms with van der Waals surface area (Å²) in [6, 6.07) is 16.5. The van der Waals surface area contributed by atoms with Crippen molar-refractivity contribution in [2.75, 3.05) is 0 Å². The van der Waals surface area contributed by atoms with Gasteiger partial charge in [0.1, 0.15) is 0 Å². The van der Waals surface area contributed by atoms with Crippen LogP contribution in [-0.2, 0) is 0 Å². The van der Waals surface area contributed by atoms with Crippen LogP contribution in [0.4, 0.5) is 0 Å². The van der Waals surface area contributed by atoms with E-state index in [-0.39, 0.29) is 0 Å². The summed E-state index contributed by atoms with van der Waals surface area (Å²) in [7, 11) is 0. The summed E-state index contributed by atoms with van der Waals surface area (Å²) >= 11 is 0. The molecular weight excluding hydrogens is 294 g/mol. The van der Waals surface area contributed by atoms with Gasteiger partial charge in [0.2, 0.25) is 0 Å². The maximum atomic E-state index is 4.89. The Balaban J connectivity index is 1.87.